The molecular formula is C15H21N3O3. The zero-order chi connectivity index (χ0) is 14.8. The van der Waals surface area contributed by atoms with Crippen molar-refractivity contribution in [1.29, 1.82) is 0 Å². The van der Waals surface area contributed by atoms with Gasteiger partial charge in [-0.1, -0.05) is 0 Å². The van der Waals surface area contributed by atoms with Crippen LogP contribution in [0.5, 0.6) is 0 Å². The highest BCUT2D eigenvalue weighted by Crippen LogP contribution is 2.21. The molecule has 1 atom stereocenters. The van der Waals surface area contributed by atoms with E-state index in [0.717, 1.165) is 39.0 Å². The van der Waals surface area contributed by atoms with Crippen LogP contribution in [0.3, 0.4) is 0 Å². The van der Waals surface area contributed by atoms with Crippen molar-refractivity contribution in [3.63, 3.8) is 0 Å². The normalized spacial score (nSPS) is 26.2. The number of amides is 2. The molecule has 6 nitrogen and oxygen atoms in total. The zero-order valence-electron chi connectivity index (χ0n) is 12.2. The van der Waals surface area contributed by atoms with Gasteiger partial charge in [0, 0.05) is 32.2 Å². The summed E-state index contributed by atoms with van der Waals surface area (Å²) in [6.07, 6.45) is 4.90. The Morgan fingerprint density at radius 1 is 1.29 bits per heavy atom. The molecule has 4 rings (SSSR count). The summed E-state index contributed by atoms with van der Waals surface area (Å²) in [5, 5.41) is 2.75. The van der Waals surface area contributed by atoms with Crippen LogP contribution in [0.2, 0.25) is 0 Å². The minimum atomic E-state index is -0.514. The molecule has 3 fully saturated rings. The van der Waals surface area contributed by atoms with Crippen molar-refractivity contribution >= 4 is 11.8 Å². The van der Waals surface area contributed by atoms with E-state index < -0.39 is 6.04 Å². The molecule has 2 bridgehead atoms. The average Bonchev–Trinajstić information content (AvgIpc) is 2.88. The van der Waals surface area contributed by atoms with Gasteiger partial charge in [-0.25, -0.2) is 0 Å². The lowest BCUT2D eigenvalue weighted by atomic mass is 10.0. The molecule has 1 aromatic rings. The van der Waals surface area contributed by atoms with Gasteiger partial charge in [0.2, 0.25) is 5.91 Å². The van der Waals surface area contributed by atoms with E-state index in [2.05, 4.69) is 10.2 Å². The second kappa shape index (κ2) is 5.89. The van der Waals surface area contributed by atoms with Gasteiger partial charge in [0.1, 0.15) is 12.3 Å². The fourth-order valence-corrected chi connectivity index (χ4v) is 3.16. The van der Waals surface area contributed by atoms with Crippen molar-refractivity contribution in [3.8, 4) is 0 Å². The summed E-state index contributed by atoms with van der Waals surface area (Å²) in [5.74, 6) is -0.256. The number of rotatable bonds is 3. The predicted molar refractivity (Wildman–Crippen MR) is 76.8 cm³/mol. The van der Waals surface area contributed by atoms with E-state index in [1.165, 1.54) is 12.5 Å². The fraction of sp³-hybridized carbons (Fsp3) is 0.600. The predicted octanol–water partition coefficient (Wildman–Crippen LogP) is 0.704. The van der Waals surface area contributed by atoms with Crippen LogP contribution in [0.25, 0.3) is 0 Å². The SMILES string of the molecule is CC(NC(=O)c1ccoc1)C(=O)N1CCN2CCC1CC2. The quantitative estimate of drug-likeness (QED) is 0.890. The lowest BCUT2D eigenvalue weighted by Gasteiger charge is -2.33. The standard InChI is InChI=1S/C15H21N3O3/c1-11(16-14(19)12-4-9-21-10-12)15(20)18-8-7-17-5-2-13(18)3-6-17/h4,9-11,13H,2-3,5-8H2,1H3,(H,16,19). The molecule has 3 saturated heterocycles. The minimum Gasteiger partial charge on any atom is -0.472 e. The Kier molecular flexibility index (Phi) is 3.96. The molecule has 1 aromatic heterocycles. The molecular weight excluding hydrogens is 270 g/mol. The van der Waals surface area contributed by atoms with Gasteiger partial charge >= 0.3 is 0 Å². The summed E-state index contributed by atoms with van der Waals surface area (Å²) >= 11 is 0. The second-order valence-electron chi connectivity index (χ2n) is 5.81. The first kappa shape index (κ1) is 14.1. The molecule has 4 heterocycles. The largest absolute Gasteiger partial charge is 0.472 e. The van der Waals surface area contributed by atoms with Crippen LogP contribution < -0.4 is 5.32 Å². The van der Waals surface area contributed by atoms with E-state index in [-0.39, 0.29) is 11.8 Å². The Hall–Kier alpha value is -1.82. The molecule has 3 aliphatic rings. The van der Waals surface area contributed by atoms with Gasteiger partial charge in [0.25, 0.3) is 5.91 Å². The zero-order valence-corrected chi connectivity index (χ0v) is 12.2. The Labute approximate surface area is 124 Å². The van der Waals surface area contributed by atoms with Gasteiger partial charge in [-0.3, -0.25) is 9.59 Å². The minimum absolute atomic E-state index is 0.0144. The van der Waals surface area contributed by atoms with Gasteiger partial charge < -0.3 is 19.5 Å². The second-order valence-corrected chi connectivity index (χ2v) is 5.81. The highest BCUT2D eigenvalue weighted by atomic mass is 16.3. The van der Waals surface area contributed by atoms with Gasteiger partial charge in [-0.15, -0.1) is 0 Å². The highest BCUT2D eigenvalue weighted by Gasteiger charge is 2.34. The van der Waals surface area contributed by atoms with Crippen LogP contribution in [0.1, 0.15) is 30.1 Å². The smallest absolute Gasteiger partial charge is 0.255 e. The fourth-order valence-electron chi connectivity index (χ4n) is 3.16. The van der Waals surface area contributed by atoms with Gasteiger partial charge in [0.15, 0.2) is 0 Å². The molecule has 2 amide bonds. The van der Waals surface area contributed by atoms with E-state index >= 15 is 0 Å². The van der Waals surface area contributed by atoms with Crippen LogP contribution >= 0.6 is 0 Å². The third-order valence-corrected chi connectivity index (χ3v) is 4.44. The first-order valence-corrected chi connectivity index (χ1v) is 7.51. The summed E-state index contributed by atoms with van der Waals surface area (Å²) in [5.41, 5.74) is 0.442. The molecule has 114 valence electrons. The van der Waals surface area contributed by atoms with Crippen LogP contribution in [-0.4, -0.2) is 59.9 Å². The maximum absolute atomic E-state index is 12.6. The van der Waals surface area contributed by atoms with Gasteiger partial charge in [-0.05, 0) is 25.8 Å². The monoisotopic (exact) mass is 291 g/mol. The maximum atomic E-state index is 12.6. The Bertz CT molecular complexity index is 506. The molecule has 0 saturated carbocycles. The van der Waals surface area contributed by atoms with Crippen molar-refractivity contribution in [1.82, 2.24) is 15.1 Å². The molecule has 1 unspecified atom stereocenters. The van der Waals surface area contributed by atoms with Crippen molar-refractivity contribution < 1.29 is 14.0 Å². The van der Waals surface area contributed by atoms with Gasteiger partial charge in [0.05, 0.1) is 11.8 Å². The summed E-state index contributed by atoms with van der Waals surface area (Å²) in [4.78, 5) is 28.9. The van der Waals surface area contributed by atoms with Gasteiger partial charge in [-0.2, -0.15) is 0 Å². The van der Waals surface area contributed by atoms with Crippen molar-refractivity contribution in [2.24, 2.45) is 0 Å². The van der Waals surface area contributed by atoms with E-state index in [0.29, 0.717) is 11.6 Å². The summed E-state index contributed by atoms with van der Waals surface area (Å²) < 4.78 is 4.89. The average molecular weight is 291 g/mol. The first-order valence-electron chi connectivity index (χ1n) is 7.51. The van der Waals surface area contributed by atoms with E-state index in [9.17, 15) is 9.59 Å². The molecule has 6 heteroatoms. The topological polar surface area (TPSA) is 65.8 Å². The van der Waals surface area contributed by atoms with Crippen molar-refractivity contribution in [2.75, 3.05) is 26.2 Å². The van der Waals surface area contributed by atoms with Crippen molar-refractivity contribution in [3.05, 3.63) is 24.2 Å². The van der Waals surface area contributed by atoms with Crippen molar-refractivity contribution in [2.45, 2.75) is 31.8 Å². The van der Waals surface area contributed by atoms with E-state index in [1.807, 2.05) is 4.90 Å². The Morgan fingerprint density at radius 3 is 2.71 bits per heavy atom. The lowest BCUT2D eigenvalue weighted by molar-refractivity contribution is -0.134. The third-order valence-electron chi connectivity index (χ3n) is 4.44. The van der Waals surface area contributed by atoms with Crippen LogP contribution in [-0.2, 0) is 4.79 Å². The maximum Gasteiger partial charge on any atom is 0.255 e. The number of nitrogens with zero attached hydrogens (tertiary/aromatic N) is 2. The molecule has 0 aromatic carbocycles. The molecule has 1 N–H and O–H groups in total. The van der Waals surface area contributed by atoms with E-state index in [1.54, 1.807) is 13.0 Å². The Balaban J connectivity index is 1.62. The number of carbonyl (C=O) groups is 2. The molecule has 3 aliphatic heterocycles. The molecule has 0 spiro atoms. The Morgan fingerprint density at radius 2 is 2.05 bits per heavy atom. The third kappa shape index (κ3) is 2.95. The number of hydrogen-bond acceptors (Lipinski definition) is 4. The summed E-state index contributed by atoms with van der Waals surface area (Å²) in [7, 11) is 0. The lowest BCUT2D eigenvalue weighted by Crippen LogP contribution is -2.51. The first-order chi connectivity index (χ1) is 10.1. The van der Waals surface area contributed by atoms with Crippen LogP contribution in [0.4, 0.5) is 0 Å². The molecule has 0 radical (unpaired) electrons. The van der Waals surface area contributed by atoms with Crippen LogP contribution in [0.15, 0.2) is 23.0 Å². The summed E-state index contributed by atoms with van der Waals surface area (Å²) in [6.45, 7) is 5.59. The number of carbonyl (C=O) groups excluding carboxylic acids is 2. The van der Waals surface area contributed by atoms with E-state index in [4.69, 9.17) is 4.42 Å². The number of piperidine rings is 1. The van der Waals surface area contributed by atoms with Crippen LogP contribution in [0, 0.1) is 0 Å². The number of hydrogen-bond donors (Lipinski definition) is 1. The summed E-state index contributed by atoms with van der Waals surface area (Å²) in [6, 6.07) is 1.40. The number of furan rings is 1. The highest BCUT2D eigenvalue weighted by molar-refractivity contribution is 5.97. The number of fused-ring (bicyclic) bond motifs is 4. The molecule has 21 heavy (non-hydrogen) atoms. The number of nitrogens with one attached hydrogen (secondary N) is 1. The molecule has 0 aliphatic carbocycles.